The highest BCUT2D eigenvalue weighted by Gasteiger charge is 2.31. The van der Waals surface area contributed by atoms with Gasteiger partial charge >= 0.3 is 6.36 Å². The molecule has 9 heteroatoms. The largest absolute Gasteiger partial charge is 0.573 e. The predicted molar refractivity (Wildman–Crippen MR) is 212 cm³/mol. The Morgan fingerprint density at radius 2 is 1.21 bits per heavy atom. The molecule has 0 N–H and O–H groups in total. The monoisotopic (exact) mass is 749 g/mol. The third-order valence-corrected chi connectivity index (χ3v) is 10.4. The van der Waals surface area contributed by atoms with Crippen molar-refractivity contribution in [2.45, 2.75) is 79.9 Å². The molecule has 1 aliphatic rings. The Morgan fingerprint density at radius 3 is 1.77 bits per heavy atom. The van der Waals surface area contributed by atoms with Crippen molar-refractivity contribution in [1.29, 1.82) is 0 Å². The Morgan fingerprint density at radius 1 is 0.673 bits per heavy atom. The van der Waals surface area contributed by atoms with E-state index in [0.29, 0.717) is 6.54 Å². The topological polar surface area (TPSA) is 28.6 Å². The van der Waals surface area contributed by atoms with Crippen molar-refractivity contribution in [3.63, 3.8) is 0 Å². The number of hydrogen-bond acceptors (Lipinski definition) is 4. The molecule has 0 spiro atoms. The summed E-state index contributed by atoms with van der Waals surface area (Å²) in [6, 6.07) is 26.4. The number of likely N-dealkylation sites (tertiary alicyclic amines) is 1. The predicted octanol–water partition coefficient (Wildman–Crippen LogP) is 11.7. The zero-order valence-electron chi connectivity index (χ0n) is 30.7. The molecule has 6 rings (SSSR count). The Hall–Kier alpha value is -4.04. The number of benzene rings is 4. The molecule has 0 aliphatic carbocycles. The summed E-state index contributed by atoms with van der Waals surface area (Å²) in [5.74, 6) is -0.213. The maximum Gasteiger partial charge on any atom is 0.573 e. The quantitative estimate of drug-likeness (QED) is 0.150. The van der Waals surface area contributed by atoms with Crippen molar-refractivity contribution < 1.29 is 17.9 Å². The lowest BCUT2D eigenvalue weighted by Crippen LogP contribution is -2.44. The fraction of sp³-hybridized carbons (Fsp3) is 0.326. The van der Waals surface area contributed by atoms with Crippen LogP contribution in [0.4, 0.5) is 18.9 Å². The number of nitrogens with zero attached hydrogens (tertiary/aromatic N) is 3. The van der Waals surface area contributed by atoms with Crippen LogP contribution in [0.25, 0.3) is 22.3 Å². The van der Waals surface area contributed by atoms with E-state index in [-0.39, 0.29) is 36.6 Å². The number of ether oxygens (including phenoxy) is 1. The van der Waals surface area contributed by atoms with Crippen LogP contribution in [0.15, 0.2) is 91.3 Å². The van der Waals surface area contributed by atoms with Gasteiger partial charge in [-0.2, -0.15) is 0 Å². The van der Waals surface area contributed by atoms with Gasteiger partial charge in [-0.25, -0.2) is 0 Å². The van der Waals surface area contributed by atoms with Crippen LogP contribution in [0.2, 0.25) is 0 Å². The number of piperidine rings is 1. The summed E-state index contributed by atoms with van der Waals surface area (Å²) in [6.45, 7) is 16.2. The molecule has 1 fully saturated rings. The fourth-order valence-corrected chi connectivity index (χ4v) is 7.10. The molecule has 4 aromatic carbocycles. The molecule has 0 unspecified atom stereocenters. The smallest absolute Gasteiger partial charge is 0.406 e. The zero-order chi connectivity index (χ0) is 35.6. The lowest BCUT2D eigenvalue weighted by molar-refractivity contribution is -0.274. The van der Waals surface area contributed by atoms with Crippen LogP contribution < -0.4 is 9.64 Å². The first kappa shape index (κ1) is 40.7. The van der Waals surface area contributed by atoms with E-state index in [1.807, 2.05) is 12.4 Å². The van der Waals surface area contributed by atoms with Gasteiger partial charge in [0.25, 0.3) is 0 Å². The molecule has 4 nitrogen and oxygen atoms in total. The highest BCUT2D eigenvalue weighted by atomic mass is 35.5. The van der Waals surface area contributed by atoms with E-state index >= 15 is 0 Å². The Balaban J connectivity index is 0.00000302. The first-order valence-electron chi connectivity index (χ1n) is 17.4. The van der Waals surface area contributed by atoms with Gasteiger partial charge in [0.2, 0.25) is 0 Å². The normalized spacial score (nSPS) is 13.6. The molecule has 0 radical (unpaired) electrons. The number of aromatic nitrogens is 1. The van der Waals surface area contributed by atoms with E-state index in [0.717, 1.165) is 54.9 Å². The average molecular weight is 751 g/mol. The molecule has 0 amide bonds. The SMILES string of the molecule is Cc1cc(-c2cncc(CN3CCC(N(Cc4cccc(-c5cc(C)c(C)c(C)c5)c4)c4ccc(OC(F)(F)F)cc4)CC3)c2)cc(C)c1C.Cl.Cl. The van der Waals surface area contributed by atoms with Crippen molar-refractivity contribution in [3.8, 4) is 28.0 Å². The fourth-order valence-electron chi connectivity index (χ4n) is 7.10. The second kappa shape index (κ2) is 17.2. The van der Waals surface area contributed by atoms with Crippen molar-refractivity contribution >= 4 is 30.5 Å². The number of halogens is 5. The number of pyridine rings is 1. The van der Waals surface area contributed by atoms with Gasteiger partial charge in [-0.05, 0) is 152 Å². The van der Waals surface area contributed by atoms with Crippen molar-refractivity contribution in [2.75, 3.05) is 18.0 Å². The summed E-state index contributed by atoms with van der Waals surface area (Å²) < 4.78 is 43.0. The van der Waals surface area contributed by atoms with E-state index < -0.39 is 6.36 Å². The first-order valence-corrected chi connectivity index (χ1v) is 17.4. The van der Waals surface area contributed by atoms with Gasteiger partial charge in [-0.1, -0.05) is 42.5 Å². The standard InChI is InChI=1S/C43H46F3N3O.2ClH/c1-28-18-37(19-29(2)32(28)5)36-9-7-8-34(22-36)27-49(40-10-12-42(13-11-40)50-43(44,45)46)41-14-16-48(17-15-41)26-35-23-39(25-47-24-35)38-20-30(3)33(6)31(4)21-38;;/h7-13,18-25,41H,14-17,26-27H2,1-6H3;2*1H. The number of hydrogen-bond donors (Lipinski definition) is 0. The zero-order valence-corrected chi connectivity index (χ0v) is 32.3. The Kier molecular flexibility index (Phi) is 13.5. The van der Waals surface area contributed by atoms with Crippen molar-refractivity contribution in [3.05, 3.63) is 136 Å². The van der Waals surface area contributed by atoms with Crippen LogP contribution >= 0.6 is 24.8 Å². The van der Waals surface area contributed by atoms with Crippen LogP contribution in [0.5, 0.6) is 5.75 Å². The summed E-state index contributed by atoms with van der Waals surface area (Å²) in [7, 11) is 0. The van der Waals surface area contributed by atoms with Gasteiger partial charge in [0.05, 0.1) is 0 Å². The first-order chi connectivity index (χ1) is 23.8. The number of anilines is 1. The average Bonchev–Trinajstić information content (AvgIpc) is 3.08. The molecule has 1 aromatic heterocycles. The van der Waals surface area contributed by atoms with Crippen LogP contribution in [0, 0.1) is 41.5 Å². The summed E-state index contributed by atoms with van der Waals surface area (Å²) in [5.41, 5.74) is 15.6. The van der Waals surface area contributed by atoms with Crippen LogP contribution in [0.3, 0.4) is 0 Å². The van der Waals surface area contributed by atoms with E-state index in [4.69, 9.17) is 0 Å². The summed E-state index contributed by atoms with van der Waals surface area (Å²) >= 11 is 0. The highest BCUT2D eigenvalue weighted by molar-refractivity contribution is 5.85. The molecule has 0 atom stereocenters. The van der Waals surface area contributed by atoms with Crippen molar-refractivity contribution in [1.82, 2.24) is 9.88 Å². The second-order valence-electron chi connectivity index (χ2n) is 13.9. The number of rotatable bonds is 9. The van der Waals surface area contributed by atoms with Gasteiger partial charge in [0, 0.05) is 55.9 Å². The molecule has 52 heavy (non-hydrogen) atoms. The number of alkyl halides is 3. The second-order valence-corrected chi connectivity index (χ2v) is 13.9. The van der Waals surface area contributed by atoms with Gasteiger partial charge in [0.15, 0.2) is 0 Å². The lowest BCUT2D eigenvalue weighted by atomic mass is 9.95. The van der Waals surface area contributed by atoms with Gasteiger partial charge in [-0.15, -0.1) is 38.0 Å². The molecule has 0 saturated carbocycles. The molecule has 1 saturated heterocycles. The molecular weight excluding hydrogens is 702 g/mol. The minimum Gasteiger partial charge on any atom is -0.406 e. The van der Waals surface area contributed by atoms with E-state index in [1.54, 1.807) is 12.1 Å². The summed E-state index contributed by atoms with van der Waals surface area (Å²) in [4.78, 5) is 9.42. The Bertz CT molecular complexity index is 1930. The minimum absolute atomic E-state index is 0. The van der Waals surface area contributed by atoms with E-state index in [9.17, 15) is 13.2 Å². The maximum atomic E-state index is 12.9. The third kappa shape index (κ3) is 9.88. The molecule has 1 aliphatic heterocycles. The van der Waals surface area contributed by atoms with Crippen LogP contribution in [-0.4, -0.2) is 35.4 Å². The van der Waals surface area contributed by atoms with Gasteiger partial charge in [0.1, 0.15) is 5.75 Å². The summed E-state index contributed by atoms with van der Waals surface area (Å²) in [6.07, 6.45) is 1.04. The third-order valence-electron chi connectivity index (χ3n) is 10.4. The van der Waals surface area contributed by atoms with Gasteiger partial charge < -0.3 is 9.64 Å². The van der Waals surface area contributed by atoms with E-state index in [2.05, 4.69) is 116 Å². The Labute approximate surface area is 318 Å². The molecule has 276 valence electrons. The molecule has 2 heterocycles. The molecule has 0 bridgehead atoms. The number of aryl methyl sites for hydroxylation is 4. The highest BCUT2D eigenvalue weighted by Crippen LogP contribution is 2.32. The molecular formula is C43H48Cl2F3N3O. The lowest BCUT2D eigenvalue weighted by Gasteiger charge is -2.40. The maximum absolute atomic E-state index is 12.9. The minimum atomic E-state index is -4.73. The van der Waals surface area contributed by atoms with Crippen LogP contribution in [-0.2, 0) is 13.1 Å². The summed E-state index contributed by atoms with van der Waals surface area (Å²) in [5, 5.41) is 0. The van der Waals surface area contributed by atoms with Crippen LogP contribution in [0.1, 0.15) is 57.3 Å². The van der Waals surface area contributed by atoms with E-state index in [1.165, 1.54) is 62.2 Å². The van der Waals surface area contributed by atoms with Crippen molar-refractivity contribution in [2.24, 2.45) is 0 Å². The molecule has 5 aromatic rings. The van der Waals surface area contributed by atoms with Gasteiger partial charge in [-0.3, -0.25) is 9.88 Å².